The number of aromatic nitrogens is 1. The minimum absolute atomic E-state index is 0.0867. The molecule has 0 aliphatic rings. The molecule has 0 saturated carbocycles. The van der Waals surface area contributed by atoms with Crippen molar-refractivity contribution < 1.29 is 22.4 Å². The van der Waals surface area contributed by atoms with Gasteiger partial charge in [0.15, 0.2) is 0 Å². The number of nitrogens with two attached hydrogens (primary N) is 1. The van der Waals surface area contributed by atoms with Crippen LogP contribution in [0.2, 0.25) is 0 Å². The van der Waals surface area contributed by atoms with Gasteiger partial charge in [0.1, 0.15) is 23.8 Å². The zero-order valence-electron chi connectivity index (χ0n) is 11.4. The van der Waals surface area contributed by atoms with E-state index in [1.54, 1.807) is 19.1 Å². The Balaban J connectivity index is 2.21. The van der Waals surface area contributed by atoms with Crippen LogP contribution < -0.4 is 10.5 Å². The minimum Gasteiger partial charge on any atom is -0.487 e. The lowest BCUT2D eigenvalue weighted by atomic mass is 10.1. The summed E-state index contributed by atoms with van der Waals surface area (Å²) in [5.41, 5.74) is 5.51. The van der Waals surface area contributed by atoms with Gasteiger partial charge in [-0.3, -0.25) is 0 Å². The standard InChI is InChI=1S/C14H15F3N2O2/c1-9-6-11(19-21-9)8-20-13-3-2-10(4-5-18)7-12(13)14(15,16)17/h2-3,6-7H,4-5,8,18H2,1H3. The molecule has 0 fully saturated rings. The zero-order chi connectivity index (χ0) is 15.5. The van der Waals surface area contributed by atoms with E-state index in [1.807, 2.05) is 0 Å². The highest BCUT2D eigenvalue weighted by atomic mass is 19.4. The summed E-state index contributed by atoms with van der Waals surface area (Å²) >= 11 is 0. The maximum Gasteiger partial charge on any atom is 0.419 e. The topological polar surface area (TPSA) is 61.3 Å². The first-order valence-electron chi connectivity index (χ1n) is 6.35. The van der Waals surface area contributed by atoms with Crippen LogP contribution in [0.15, 0.2) is 28.8 Å². The third-order valence-electron chi connectivity index (χ3n) is 2.83. The van der Waals surface area contributed by atoms with Crippen molar-refractivity contribution in [2.75, 3.05) is 6.54 Å². The van der Waals surface area contributed by atoms with E-state index in [1.165, 1.54) is 6.07 Å². The number of alkyl halides is 3. The smallest absolute Gasteiger partial charge is 0.419 e. The summed E-state index contributed by atoms with van der Waals surface area (Å²) in [6.45, 7) is 1.89. The SMILES string of the molecule is Cc1cc(COc2ccc(CCN)cc2C(F)(F)F)no1. The van der Waals surface area contributed by atoms with Crippen molar-refractivity contribution in [1.29, 1.82) is 0 Å². The molecule has 0 spiro atoms. The molecule has 0 saturated heterocycles. The zero-order valence-corrected chi connectivity index (χ0v) is 11.4. The van der Waals surface area contributed by atoms with Gasteiger partial charge in [-0.1, -0.05) is 11.2 Å². The Morgan fingerprint density at radius 1 is 1.29 bits per heavy atom. The molecule has 1 heterocycles. The summed E-state index contributed by atoms with van der Waals surface area (Å²) in [4.78, 5) is 0. The van der Waals surface area contributed by atoms with Crippen LogP contribution in [0.25, 0.3) is 0 Å². The number of benzene rings is 1. The Morgan fingerprint density at radius 3 is 2.62 bits per heavy atom. The molecule has 0 radical (unpaired) electrons. The third kappa shape index (κ3) is 3.98. The van der Waals surface area contributed by atoms with E-state index in [0.717, 1.165) is 6.07 Å². The van der Waals surface area contributed by atoms with Gasteiger partial charge in [-0.25, -0.2) is 0 Å². The van der Waals surface area contributed by atoms with Gasteiger partial charge in [0.2, 0.25) is 0 Å². The van der Waals surface area contributed by atoms with Crippen molar-refractivity contribution in [3.8, 4) is 5.75 Å². The molecule has 21 heavy (non-hydrogen) atoms. The highest BCUT2D eigenvalue weighted by Gasteiger charge is 2.34. The molecule has 4 nitrogen and oxygen atoms in total. The predicted octanol–water partition coefficient (Wildman–Crippen LogP) is 3.08. The second kappa shape index (κ2) is 6.17. The summed E-state index contributed by atoms with van der Waals surface area (Å²) in [6.07, 6.45) is -4.11. The molecule has 7 heteroatoms. The summed E-state index contributed by atoms with van der Waals surface area (Å²) in [5, 5.41) is 3.67. The average molecular weight is 300 g/mol. The van der Waals surface area contributed by atoms with E-state index in [9.17, 15) is 13.2 Å². The molecule has 0 aliphatic heterocycles. The van der Waals surface area contributed by atoms with Crippen LogP contribution in [0, 0.1) is 6.92 Å². The second-order valence-electron chi connectivity index (χ2n) is 4.58. The van der Waals surface area contributed by atoms with Crippen LogP contribution in [0.5, 0.6) is 5.75 Å². The first kappa shape index (κ1) is 15.4. The maximum absolute atomic E-state index is 13.1. The fraction of sp³-hybridized carbons (Fsp3) is 0.357. The van der Waals surface area contributed by atoms with E-state index in [0.29, 0.717) is 23.4 Å². The fourth-order valence-corrected chi connectivity index (χ4v) is 1.88. The van der Waals surface area contributed by atoms with Gasteiger partial charge in [-0.05, 0) is 37.6 Å². The largest absolute Gasteiger partial charge is 0.487 e. The van der Waals surface area contributed by atoms with Crippen LogP contribution in [0.3, 0.4) is 0 Å². The summed E-state index contributed by atoms with van der Waals surface area (Å²) < 4.78 is 49.2. The van der Waals surface area contributed by atoms with Crippen molar-refractivity contribution in [3.63, 3.8) is 0 Å². The lowest BCUT2D eigenvalue weighted by molar-refractivity contribution is -0.139. The van der Waals surface area contributed by atoms with Gasteiger partial charge in [0.05, 0.1) is 5.56 Å². The summed E-state index contributed by atoms with van der Waals surface area (Å²) in [6, 6.07) is 5.55. The molecule has 0 unspecified atom stereocenters. The van der Waals surface area contributed by atoms with Gasteiger partial charge in [-0.15, -0.1) is 0 Å². The van der Waals surface area contributed by atoms with Crippen LogP contribution in [-0.4, -0.2) is 11.7 Å². The summed E-state index contributed by atoms with van der Waals surface area (Å²) in [7, 11) is 0. The molecule has 0 amide bonds. The number of nitrogens with zero attached hydrogens (tertiary/aromatic N) is 1. The van der Waals surface area contributed by atoms with Crippen LogP contribution in [0.4, 0.5) is 13.2 Å². The Hall–Kier alpha value is -2.02. The van der Waals surface area contributed by atoms with E-state index >= 15 is 0 Å². The van der Waals surface area contributed by atoms with Gasteiger partial charge < -0.3 is 15.0 Å². The quantitative estimate of drug-likeness (QED) is 0.921. The van der Waals surface area contributed by atoms with Gasteiger partial charge >= 0.3 is 6.18 Å². The van der Waals surface area contributed by atoms with Crippen LogP contribution in [0.1, 0.15) is 22.6 Å². The highest BCUT2D eigenvalue weighted by Crippen LogP contribution is 2.37. The number of hydrogen-bond acceptors (Lipinski definition) is 4. The van der Waals surface area contributed by atoms with Crippen molar-refractivity contribution in [3.05, 3.63) is 46.8 Å². The van der Waals surface area contributed by atoms with Crippen molar-refractivity contribution in [1.82, 2.24) is 5.16 Å². The molecular formula is C14H15F3N2O2. The third-order valence-corrected chi connectivity index (χ3v) is 2.83. The lowest BCUT2D eigenvalue weighted by Crippen LogP contribution is -2.11. The van der Waals surface area contributed by atoms with Crippen molar-refractivity contribution >= 4 is 0 Å². The van der Waals surface area contributed by atoms with E-state index < -0.39 is 11.7 Å². The fourth-order valence-electron chi connectivity index (χ4n) is 1.88. The molecule has 2 rings (SSSR count). The van der Waals surface area contributed by atoms with E-state index in [2.05, 4.69) is 5.16 Å². The number of ether oxygens (including phenoxy) is 1. The molecule has 1 aromatic heterocycles. The molecule has 114 valence electrons. The predicted molar refractivity (Wildman–Crippen MR) is 69.8 cm³/mol. The first-order valence-corrected chi connectivity index (χ1v) is 6.35. The summed E-state index contributed by atoms with van der Waals surface area (Å²) in [5.74, 6) is 0.340. The van der Waals surface area contributed by atoms with Crippen molar-refractivity contribution in [2.24, 2.45) is 5.73 Å². The second-order valence-corrected chi connectivity index (χ2v) is 4.58. The monoisotopic (exact) mass is 300 g/mol. The molecule has 0 aliphatic carbocycles. The highest BCUT2D eigenvalue weighted by molar-refractivity contribution is 5.39. The van der Waals surface area contributed by atoms with E-state index in [4.69, 9.17) is 15.0 Å². The Kier molecular flexibility index (Phi) is 4.52. The van der Waals surface area contributed by atoms with Crippen LogP contribution >= 0.6 is 0 Å². The molecule has 2 aromatic rings. The number of hydrogen-bond donors (Lipinski definition) is 1. The van der Waals surface area contributed by atoms with Crippen LogP contribution in [-0.2, 0) is 19.2 Å². The minimum atomic E-state index is -4.49. The number of aryl methyl sites for hydroxylation is 1. The molecule has 2 N–H and O–H groups in total. The number of rotatable bonds is 5. The van der Waals surface area contributed by atoms with Gasteiger partial charge in [0, 0.05) is 6.07 Å². The Bertz CT molecular complexity index is 609. The maximum atomic E-state index is 13.1. The molecular weight excluding hydrogens is 285 g/mol. The first-order chi connectivity index (χ1) is 9.90. The average Bonchev–Trinajstić information content (AvgIpc) is 2.82. The molecule has 0 bridgehead atoms. The van der Waals surface area contributed by atoms with Crippen molar-refractivity contribution in [2.45, 2.75) is 26.1 Å². The van der Waals surface area contributed by atoms with Gasteiger partial charge in [0.25, 0.3) is 0 Å². The van der Waals surface area contributed by atoms with Gasteiger partial charge in [-0.2, -0.15) is 13.2 Å². The Labute approximate surface area is 119 Å². The molecule has 1 aromatic carbocycles. The lowest BCUT2D eigenvalue weighted by Gasteiger charge is -2.14. The molecule has 0 atom stereocenters. The normalized spacial score (nSPS) is 11.7. The Morgan fingerprint density at radius 2 is 2.05 bits per heavy atom. The van der Waals surface area contributed by atoms with E-state index in [-0.39, 0.29) is 18.9 Å². The number of halogens is 3.